The van der Waals surface area contributed by atoms with E-state index in [-0.39, 0.29) is 5.41 Å². The summed E-state index contributed by atoms with van der Waals surface area (Å²) in [6, 6.07) is 4.30. The van der Waals surface area contributed by atoms with Gasteiger partial charge >= 0.3 is 0 Å². The fourth-order valence-corrected chi connectivity index (χ4v) is 3.79. The van der Waals surface area contributed by atoms with Gasteiger partial charge in [0.15, 0.2) is 0 Å². The number of ether oxygens (including phenoxy) is 1. The highest BCUT2D eigenvalue weighted by atomic mass is 32.1. The molecule has 1 aromatic rings. The zero-order valence-corrected chi connectivity index (χ0v) is 10.9. The van der Waals surface area contributed by atoms with Gasteiger partial charge < -0.3 is 9.84 Å². The second-order valence-corrected chi connectivity index (χ2v) is 6.51. The van der Waals surface area contributed by atoms with Crippen LogP contribution in [-0.2, 0) is 11.2 Å². The molecule has 0 radical (unpaired) electrons. The van der Waals surface area contributed by atoms with E-state index in [2.05, 4.69) is 17.5 Å². The van der Waals surface area contributed by atoms with Gasteiger partial charge in [-0.05, 0) is 49.5 Å². The van der Waals surface area contributed by atoms with Crippen molar-refractivity contribution in [1.29, 1.82) is 0 Å². The first kappa shape index (κ1) is 11.7. The van der Waals surface area contributed by atoms with Crippen LogP contribution in [0.25, 0.3) is 0 Å². The highest BCUT2D eigenvalue weighted by molar-refractivity contribution is 7.09. The minimum Gasteiger partial charge on any atom is -0.396 e. The monoisotopic (exact) mass is 252 g/mol. The van der Waals surface area contributed by atoms with Gasteiger partial charge in [-0.2, -0.15) is 0 Å². The van der Waals surface area contributed by atoms with Crippen LogP contribution in [0, 0.1) is 11.3 Å². The third-order valence-corrected chi connectivity index (χ3v) is 5.25. The van der Waals surface area contributed by atoms with Gasteiger partial charge in [0.1, 0.15) is 0 Å². The largest absolute Gasteiger partial charge is 0.396 e. The van der Waals surface area contributed by atoms with Gasteiger partial charge in [-0.1, -0.05) is 6.07 Å². The van der Waals surface area contributed by atoms with Crippen LogP contribution in [0.2, 0.25) is 0 Å². The number of hydrogen-bond acceptors (Lipinski definition) is 3. The summed E-state index contributed by atoms with van der Waals surface area (Å²) in [5.74, 6) is 0.730. The molecule has 17 heavy (non-hydrogen) atoms. The quantitative estimate of drug-likeness (QED) is 0.873. The molecule has 0 aromatic carbocycles. The zero-order valence-electron chi connectivity index (χ0n) is 10.1. The van der Waals surface area contributed by atoms with E-state index in [0.29, 0.717) is 12.7 Å². The Kier molecular flexibility index (Phi) is 3.24. The van der Waals surface area contributed by atoms with Gasteiger partial charge in [-0.15, -0.1) is 11.3 Å². The zero-order chi connectivity index (χ0) is 11.7. The maximum Gasteiger partial charge on any atom is 0.0682 e. The molecule has 2 aliphatic rings. The fraction of sp³-hybridized carbons (Fsp3) is 0.714. The van der Waals surface area contributed by atoms with Gasteiger partial charge in [0, 0.05) is 16.9 Å². The number of aliphatic hydroxyl groups is 1. The second-order valence-electron chi connectivity index (χ2n) is 5.48. The van der Waals surface area contributed by atoms with Crippen LogP contribution in [0.15, 0.2) is 17.5 Å². The molecule has 2 fully saturated rings. The standard InChI is InChI=1S/C14H20O2S/c15-10-14(6-5-12-2-1-9-17-12)7-8-16-13(14)11-3-4-11/h1-2,9,11,13,15H,3-8,10H2. The van der Waals surface area contributed by atoms with E-state index in [1.807, 2.05) is 11.3 Å². The van der Waals surface area contributed by atoms with Crippen molar-refractivity contribution in [3.8, 4) is 0 Å². The lowest BCUT2D eigenvalue weighted by Gasteiger charge is -2.32. The predicted molar refractivity (Wildman–Crippen MR) is 69.2 cm³/mol. The Balaban J connectivity index is 1.68. The molecule has 2 heterocycles. The molecule has 0 amide bonds. The minimum atomic E-state index is 0.0468. The molecule has 2 atom stereocenters. The maximum absolute atomic E-state index is 9.82. The molecular formula is C14H20O2S. The Hall–Kier alpha value is -0.380. The van der Waals surface area contributed by atoms with E-state index in [9.17, 15) is 5.11 Å². The van der Waals surface area contributed by atoms with Crippen LogP contribution in [0.4, 0.5) is 0 Å². The van der Waals surface area contributed by atoms with Crippen molar-refractivity contribution in [2.24, 2.45) is 11.3 Å². The van der Waals surface area contributed by atoms with Crippen molar-refractivity contribution < 1.29 is 9.84 Å². The van der Waals surface area contributed by atoms with Gasteiger partial charge in [0.2, 0.25) is 0 Å². The molecule has 94 valence electrons. The number of aryl methyl sites for hydroxylation is 1. The Labute approximate surface area is 107 Å². The topological polar surface area (TPSA) is 29.5 Å². The SMILES string of the molecule is OCC1(CCc2cccs2)CCOC1C1CC1. The van der Waals surface area contributed by atoms with E-state index in [1.54, 1.807) is 0 Å². The van der Waals surface area contributed by atoms with Gasteiger partial charge in [-0.25, -0.2) is 0 Å². The first-order valence-corrected chi connectivity index (χ1v) is 7.47. The van der Waals surface area contributed by atoms with Crippen molar-refractivity contribution >= 4 is 11.3 Å². The van der Waals surface area contributed by atoms with Gasteiger partial charge in [0.25, 0.3) is 0 Å². The average molecular weight is 252 g/mol. The number of rotatable bonds is 5. The van der Waals surface area contributed by atoms with Crippen molar-refractivity contribution in [3.63, 3.8) is 0 Å². The molecule has 1 saturated carbocycles. The highest BCUT2D eigenvalue weighted by Gasteiger charge is 2.50. The summed E-state index contributed by atoms with van der Waals surface area (Å²) in [6.07, 6.45) is 6.12. The van der Waals surface area contributed by atoms with Crippen LogP contribution in [-0.4, -0.2) is 24.4 Å². The first-order chi connectivity index (χ1) is 8.34. The highest BCUT2D eigenvalue weighted by Crippen LogP contribution is 2.49. The van der Waals surface area contributed by atoms with E-state index in [0.717, 1.165) is 31.8 Å². The van der Waals surface area contributed by atoms with Gasteiger partial charge in [0.05, 0.1) is 12.7 Å². The smallest absolute Gasteiger partial charge is 0.0682 e. The molecule has 3 rings (SSSR count). The average Bonchev–Trinajstić information content (AvgIpc) is 2.92. The molecule has 0 spiro atoms. The molecule has 1 aromatic heterocycles. The Morgan fingerprint density at radius 3 is 3.00 bits per heavy atom. The number of thiophene rings is 1. The van der Waals surface area contributed by atoms with Crippen molar-refractivity contribution in [2.75, 3.05) is 13.2 Å². The van der Waals surface area contributed by atoms with E-state index in [1.165, 1.54) is 17.7 Å². The molecular weight excluding hydrogens is 232 g/mol. The normalized spacial score (nSPS) is 33.1. The van der Waals surface area contributed by atoms with Gasteiger partial charge in [-0.3, -0.25) is 0 Å². The van der Waals surface area contributed by atoms with E-state index < -0.39 is 0 Å². The molecule has 2 nitrogen and oxygen atoms in total. The predicted octanol–water partition coefficient (Wildman–Crippen LogP) is 2.86. The molecule has 0 bridgehead atoms. The van der Waals surface area contributed by atoms with Crippen LogP contribution < -0.4 is 0 Å². The molecule has 1 N–H and O–H groups in total. The van der Waals surface area contributed by atoms with Crippen LogP contribution >= 0.6 is 11.3 Å². The lowest BCUT2D eigenvalue weighted by Crippen LogP contribution is -2.36. The first-order valence-electron chi connectivity index (χ1n) is 6.59. The van der Waals surface area contributed by atoms with Crippen LogP contribution in [0.3, 0.4) is 0 Å². The summed E-state index contributed by atoms with van der Waals surface area (Å²) in [7, 11) is 0. The molecule has 3 heteroatoms. The summed E-state index contributed by atoms with van der Waals surface area (Å²) < 4.78 is 5.90. The Morgan fingerprint density at radius 2 is 2.35 bits per heavy atom. The van der Waals surface area contributed by atoms with Crippen LogP contribution in [0.1, 0.15) is 30.6 Å². The Morgan fingerprint density at radius 1 is 1.47 bits per heavy atom. The fourth-order valence-electron chi connectivity index (χ4n) is 3.09. The van der Waals surface area contributed by atoms with E-state index in [4.69, 9.17) is 4.74 Å². The summed E-state index contributed by atoms with van der Waals surface area (Å²) >= 11 is 1.82. The third kappa shape index (κ3) is 2.28. The summed E-state index contributed by atoms with van der Waals surface area (Å²) in [6.45, 7) is 1.13. The minimum absolute atomic E-state index is 0.0468. The molecule has 1 saturated heterocycles. The summed E-state index contributed by atoms with van der Waals surface area (Å²) in [4.78, 5) is 1.43. The molecule has 1 aliphatic heterocycles. The third-order valence-electron chi connectivity index (χ3n) is 4.32. The summed E-state index contributed by atoms with van der Waals surface area (Å²) in [5.41, 5.74) is 0.0468. The Bertz CT molecular complexity index is 358. The molecule has 2 unspecified atom stereocenters. The van der Waals surface area contributed by atoms with E-state index >= 15 is 0 Å². The maximum atomic E-state index is 9.82. The second kappa shape index (κ2) is 4.71. The van der Waals surface area contributed by atoms with Crippen molar-refractivity contribution in [3.05, 3.63) is 22.4 Å². The van der Waals surface area contributed by atoms with Crippen LogP contribution in [0.5, 0.6) is 0 Å². The van der Waals surface area contributed by atoms with Crippen molar-refractivity contribution in [1.82, 2.24) is 0 Å². The summed E-state index contributed by atoms with van der Waals surface area (Å²) in [5, 5.41) is 11.9. The van der Waals surface area contributed by atoms with Crippen molar-refractivity contribution in [2.45, 2.75) is 38.2 Å². The lowest BCUT2D eigenvalue weighted by atomic mass is 9.76. The molecule has 1 aliphatic carbocycles. The number of hydrogen-bond donors (Lipinski definition) is 1. The lowest BCUT2D eigenvalue weighted by molar-refractivity contribution is -0.00393. The number of aliphatic hydroxyl groups excluding tert-OH is 1.